The molecular weight excluding hydrogens is 403 g/mol. The van der Waals surface area contributed by atoms with E-state index in [0.29, 0.717) is 22.5 Å². The molecule has 0 bridgehead atoms. The first-order chi connectivity index (χ1) is 15.6. The standard InChI is InChI=1S/C26H17FN4O/c27-19-10-8-17(9-11-19)23-24(25(32)18-5-2-1-3-6-18)31-21-7-4-14-30-20(21)12-13-22(31)26(23,15-28)16-29/h1-14,22-24H/t22-,23+,24-/m1/s1. The van der Waals surface area contributed by atoms with Crippen LogP contribution in [0.5, 0.6) is 0 Å². The SMILES string of the molecule is N#CC1(C#N)[C@@H](c2ccc(F)cc2)[C@H](C(=O)c2ccccc2)N2c3cccnc3C=C[C@@H]21. The molecule has 5 rings (SSSR count). The van der Waals surface area contributed by atoms with Crippen LogP contribution < -0.4 is 4.90 Å². The van der Waals surface area contributed by atoms with Gasteiger partial charge in [-0.1, -0.05) is 48.5 Å². The van der Waals surface area contributed by atoms with Gasteiger partial charge in [-0.05, 0) is 35.9 Å². The summed E-state index contributed by atoms with van der Waals surface area (Å²) >= 11 is 0. The van der Waals surface area contributed by atoms with E-state index in [4.69, 9.17) is 0 Å². The molecule has 3 aromatic rings. The third kappa shape index (κ3) is 2.74. The molecule has 1 saturated heterocycles. The van der Waals surface area contributed by atoms with Gasteiger partial charge in [0.05, 0.1) is 29.6 Å². The number of carbonyl (C=O) groups excluding carboxylic acids is 1. The van der Waals surface area contributed by atoms with Gasteiger partial charge in [0.25, 0.3) is 0 Å². The van der Waals surface area contributed by atoms with Crippen LogP contribution in [-0.4, -0.2) is 22.9 Å². The number of hydrogen-bond donors (Lipinski definition) is 0. The number of carbonyl (C=O) groups is 1. The highest BCUT2D eigenvalue weighted by Crippen LogP contribution is 2.55. The molecular formula is C26H17FN4O. The second-order valence-corrected chi connectivity index (χ2v) is 7.92. The average molecular weight is 420 g/mol. The van der Waals surface area contributed by atoms with Crippen molar-refractivity contribution in [2.24, 2.45) is 5.41 Å². The largest absolute Gasteiger partial charge is 0.349 e. The molecule has 2 aromatic carbocycles. The average Bonchev–Trinajstić information content (AvgIpc) is 3.15. The Morgan fingerprint density at radius 3 is 2.41 bits per heavy atom. The highest BCUT2D eigenvalue weighted by atomic mass is 19.1. The fraction of sp³-hybridized carbons (Fsp3) is 0.154. The maximum atomic E-state index is 13.9. The summed E-state index contributed by atoms with van der Waals surface area (Å²) in [6.07, 6.45) is 5.22. The number of fused-ring (bicyclic) bond motifs is 3. The summed E-state index contributed by atoms with van der Waals surface area (Å²) in [7, 11) is 0. The molecule has 0 radical (unpaired) electrons. The Balaban J connectivity index is 1.79. The number of hydrogen-bond acceptors (Lipinski definition) is 5. The van der Waals surface area contributed by atoms with Crippen molar-refractivity contribution >= 4 is 17.5 Å². The molecule has 0 spiro atoms. The molecule has 2 aliphatic rings. The van der Waals surface area contributed by atoms with E-state index in [1.807, 2.05) is 17.0 Å². The van der Waals surface area contributed by atoms with Crippen molar-refractivity contribution in [3.8, 4) is 12.1 Å². The molecule has 2 aliphatic heterocycles. The molecule has 0 amide bonds. The predicted octanol–water partition coefficient (Wildman–Crippen LogP) is 4.50. The van der Waals surface area contributed by atoms with Gasteiger partial charge in [-0.2, -0.15) is 10.5 Å². The van der Waals surface area contributed by atoms with Crippen LogP contribution in [0, 0.1) is 33.9 Å². The van der Waals surface area contributed by atoms with Crippen LogP contribution in [0.1, 0.15) is 27.5 Å². The maximum absolute atomic E-state index is 13.9. The molecule has 5 nitrogen and oxygen atoms in total. The number of benzene rings is 2. The molecule has 1 fully saturated rings. The Hall–Kier alpha value is -4.29. The summed E-state index contributed by atoms with van der Waals surface area (Å²) in [4.78, 5) is 20.1. The first-order valence-electron chi connectivity index (χ1n) is 10.2. The van der Waals surface area contributed by atoms with Crippen molar-refractivity contribution in [3.63, 3.8) is 0 Å². The third-order valence-corrected chi connectivity index (χ3v) is 6.33. The first kappa shape index (κ1) is 19.7. The van der Waals surface area contributed by atoms with Crippen LogP contribution in [0.4, 0.5) is 10.1 Å². The smallest absolute Gasteiger partial charge is 0.185 e. The highest BCUT2D eigenvalue weighted by molar-refractivity contribution is 6.04. The monoisotopic (exact) mass is 420 g/mol. The number of halogens is 1. The Labute approximate surface area is 184 Å². The molecule has 0 N–H and O–H groups in total. The van der Waals surface area contributed by atoms with Crippen molar-refractivity contribution < 1.29 is 9.18 Å². The van der Waals surface area contributed by atoms with Gasteiger partial charge in [-0.15, -0.1) is 0 Å². The number of nitrogens with zero attached hydrogens (tertiary/aromatic N) is 4. The van der Waals surface area contributed by atoms with Crippen molar-refractivity contribution in [2.45, 2.75) is 18.0 Å². The second-order valence-electron chi connectivity index (χ2n) is 7.92. The summed E-state index contributed by atoms with van der Waals surface area (Å²) in [6.45, 7) is 0. The second kappa shape index (κ2) is 7.44. The van der Waals surface area contributed by atoms with E-state index in [-0.39, 0.29) is 5.78 Å². The summed E-state index contributed by atoms with van der Waals surface area (Å²) in [5.41, 5.74) is 0.844. The quantitative estimate of drug-likeness (QED) is 0.583. The Kier molecular flexibility index (Phi) is 4.57. The van der Waals surface area contributed by atoms with Gasteiger partial charge in [0.15, 0.2) is 11.2 Å². The Bertz CT molecular complexity index is 1290. The lowest BCUT2D eigenvalue weighted by atomic mass is 9.69. The van der Waals surface area contributed by atoms with E-state index >= 15 is 0 Å². The van der Waals surface area contributed by atoms with Crippen molar-refractivity contribution in [1.82, 2.24) is 4.98 Å². The van der Waals surface area contributed by atoms with Gasteiger partial charge < -0.3 is 4.90 Å². The Morgan fingerprint density at radius 2 is 1.72 bits per heavy atom. The van der Waals surface area contributed by atoms with E-state index in [0.717, 1.165) is 0 Å². The summed E-state index contributed by atoms with van der Waals surface area (Å²) in [5.74, 6) is -1.43. The van der Waals surface area contributed by atoms with Crippen molar-refractivity contribution in [2.75, 3.05) is 4.90 Å². The van der Waals surface area contributed by atoms with E-state index in [1.54, 1.807) is 60.8 Å². The number of rotatable bonds is 3. The molecule has 0 saturated carbocycles. The number of pyridine rings is 1. The number of Topliss-reactive ketones (excluding diaryl/α,β-unsaturated/α-hetero) is 1. The van der Waals surface area contributed by atoms with Gasteiger partial charge in [-0.25, -0.2) is 4.39 Å². The lowest BCUT2D eigenvalue weighted by Gasteiger charge is -2.34. The molecule has 3 heterocycles. The van der Waals surface area contributed by atoms with Gasteiger partial charge >= 0.3 is 0 Å². The molecule has 32 heavy (non-hydrogen) atoms. The van der Waals surface area contributed by atoms with Crippen LogP contribution in [-0.2, 0) is 0 Å². The highest BCUT2D eigenvalue weighted by Gasteiger charge is 2.63. The lowest BCUT2D eigenvalue weighted by Crippen LogP contribution is -2.44. The molecule has 0 unspecified atom stereocenters. The van der Waals surface area contributed by atoms with Crippen molar-refractivity contribution in [1.29, 1.82) is 10.5 Å². The van der Waals surface area contributed by atoms with E-state index in [1.165, 1.54) is 12.1 Å². The Morgan fingerprint density at radius 1 is 1.00 bits per heavy atom. The van der Waals surface area contributed by atoms with Gasteiger partial charge in [0.1, 0.15) is 11.9 Å². The minimum absolute atomic E-state index is 0.206. The summed E-state index contributed by atoms with van der Waals surface area (Å²) in [6, 6.07) is 21.1. The number of aromatic nitrogens is 1. The molecule has 1 aromatic heterocycles. The zero-order chi connectivity index (χ0) is 22.3. The molecule has 154 valence electrons. The van der Waals surface area contributed by atoms with Crippen LogP contribution in [0.15, 0.2) is 79.0 Å². The number of anilines is 1. The van der Waals surface area contributed by atoms with E-state index in [2.05, 4.69) is 17.1 Å². The normalized spacial score (nSPS) is 22.3. The summed E-state index contributed by atoms with van der Waals surface area (Å²) in [5, 5.41) is 20.7. The predicted molar refractivity (Wildman–Crippen MR) is 117 cm³/mol. The van der Waals surface area contributed by atoms with E-state index in [9.17, 15) is 19.7 Å². The molecule has 3 atom stereocenters. The third-order valence-electron chi connectivity index (χ3n) is 6.33. The minimum atomic E-state index is -1.56. The fourth-order valence-corrected chi connectivity index (χ4v) is 4.93. The minimum Gasteiger partial charge on any atom is -0.349 e. The van der Waals surface area contributed by atoms with E-state index < -0.39 is 29.2 Å². The van der Waals surface area contributed by atoms with Gasteiger partial charge in [0, 0.05) is 17.7 Å². The van der Waals surface area contributed by atoms with Crippen molar-refractivity contribution in [3.05, 3.63) is 102 Å². The zero-order valence-corrected chi connectivity index (χ0v) is 16.9. The maximum Gasteiger partial charge on any atom is 0.185 e. The first-order valence-corrected chi connectivity index (χ1v) is 10.2. The zero-order valence-electron chi connectivity index (χ0n) is 16.9. The van der Waals surface area contributed by atoms with Gasteiger partial charge in [0.2, 0.25) is 0 Å². The summed E-state index contributed by atoms with van der Waals surface area (Å²) < 4.78 is 13.7. The topological polar surface area (TPSA) is 80.8 Å². The molecule has 0 aliphatic carbocycles. The number of ketones is 1. The van der Waals surface area contributed by atoms with Gasteiger partial charge in [-0.3, -0.25) is 9.78 Å². The van der Waals surface area contributed by atoms with Crippen LogP contribution in [0.25, 0.3) is 6.08 Å². The lowest BCUT2D eigenvalue weighted by molar-refractivity contribution is 0.0951. The molecule has 6 heteroatoms. The van der Waals surface area contributed by atoms with Crippen LogP contribution >= 0.6 is 0 Å². The fourth-order valence-electron chi connectivity index (χ4n) is 4.93. The number of nitriles is 2. The van der Waals surface area contributed by atoms with Crippen LogP contribution in [0.3, 0.4) is 0 Å². The van der Waals surface area contributed by atoms with Crippen LogP contribution in [0.2, 0.25) is 0 Å².